The highest BCUT2D eigenvalue weighted by Crippen LogP contribution is 2.32. The van der Waals surface area contributed by atoms with Crippen LogP contribution in [0, 0.1) is 0 Å². The lowest BCUT2D eigenvalue weighted by Gasteiger charge is -2.30. The van der Waals surface area contributed by atoms with E-state index in [1.54, 1.807) is 0 Å². The number of anilines is 2. The molecule has 2 aromatic rings. The van der Waals surface area contributed by atoms with Gasteiger partial charge in [-0.3, -0.25) is 4.98 Å². The molecule has 1 unspecified atom stereocenters. The monoisotopic (exact) mass is 255 g/mol. The lowest BCUT2D eigenvalue weighted by molar-refractivity contribution is 0.617. The predicted octanol–water partition coefficient (Wildman–Crippen LogP) is 3.59. The predicted molar refractivity (Wildman–Crippen MR) is 81.4 cm³/mol. The van der Waals surface area contributed by atoms with Crippen LogP contribution in [0.25, 0.3) is 10.9 Å². The zero-order valence-corrected chi connectivity index (χ0v) is 11.5. The largest absolute Gasteiger partial charge is 0.398 e. The molecule has 1 aromatic carbocycles. The molecule has 1 aliphatic rings. The van der Waals surface area contributed by atoms with Crippen molar-refractivity contribution >= 4 is 22.3 Å². The van der Waals surface area contributed by atoms with Crippen LogP contribution in [0.5, 0.6) is 0 Å². The van der Waals surface area contributed by atoms with Gasteiger partial charge in [-0.05, 0) is 44.0 Å². The van der Waals surface area contributed by atoms with Gasteiger partial charge in [0, 0.05) is 29.9 Å². The smallest absolute Gasteiger partial charge is 0.0956 e. The second-order valence-electron chi connectivity index (χ2n) is 5.47. The number of nitrogens with two attached hydrogens (primary N) is 1. The fourth-order valence-electron chi connectivity index (χ4n) is 3.04. The summed E-state index contributed by atoms with van der Waals surface area (Å²) in [7, 11) is 0. The molecule has 3 rings (SSSR count). The van der Waals surface area contributed by atoms with Crippen LogP contribution in [0.3, 0.4) is 0 Å². The third kappa shape index (κ3) is 2.25. The second-order valence-corrected chi connectivity index (χ2v) is 5.47. The molecule has 0 radical (unpaired) electrons. The molecule has 1 atom stereocenters. The minimum Gasteiger partial charge on any atom is -0.398 e. The summed E-state index contributed by atoms with van der Waals surface area (Å²) < 4.78 is 0. The van der Waals surface area contributed by atoms with Crippen molar-refractivity contribution in [2.24, 2.45) is 0 Å². The van der Waals surface area contributed by atoms with Crippen molar-refractivity contribution < 1.29 is 0 Å². The quantitative estimate of drug-likeness (QED) is 0.792. The summed E-state index contributed by atoms with van der Waals surface area (Å²) in [6, 6.07) is 8.73. The number of benzene rings is 1. The maximum Gasteiger partial charge on any atom is 0.0956 e. The zero-order chi connectivity index (χ0) is 13.2. The summed E-state index contributed by atoms with van der Waals surface area (Å²) in [6.45, 7) is 3.44. The van der Waals surface area contributed by atoms with Crippen LogP contribution >= 0.6 is 0 Å². The minimum absolute atomic E-state index is 0.580. The van der Waals surface area contributed by atoms with Crippen LogP contribution in [-0.2, 0) is 0 Å². The number of fused-ring (bicyclic) bond motifs is 1. The number of hydrogen-bond donors (Lipinski definition) is 1. The van der Waals surface area contributed by atoms with Crippen molar-refractivity contribution in [1.29, 1.82) is 0 Å². The Labute approximate surface area is 114 Å². The van der Waals surface area contributed by atoms with Crippen molar-refractivity contribution in [1.82, 2.24) is 4.98 Å². The van der Waals surface area contributed by atoms with Gasteiger partial charge in [0.05, 0.1) is 11.2 Å². The van der Waals surface area contributed by atoms with Crippen molar-refractivity contribution in [3.8, 4) is 0 Å². The fourth-order valence-corrected chi connectivity index (χ4v) is 3.04. The van der Waals surface area contributed by atoms with Crippen molar-refractivity contribution in [2.45, 2.75) is 38.6 Å². The van der Waals surface area contributed by atoms with E-state index in [0.29, 0.717) is 6.04 Å². The number of nitrogens with zero attached hydrogens (tertiary/aromatic N) is 2. The Balaban J connectivity index is 2.11. The molecule has 19 heavy (non-hydrogen) atoms. The third-order valence-electron chi connectivity index (χ3n) is 4.14. The fraction of sp³-hybridized carbons (Fsp3) is 0.438. The number of aromatic nitrogens is 1. The van der Waals surface area contributed by atoms with Crippen molar-refractivity contribution in [2.75, 3.05) is 17.2 Å². The van der Waals surface area contributed by atoms with E-state index in [4.69, 9.17) is 5.73 Å². The van der Waals surface area contributed by atoms with E-state index in [2.05, 4.69) is 28.9 Å². The highest BCUT2D eigenvalue weighted by atomic mass is 15.2. The van der Waals surface area contributed by atoms with Crippen LogP contribution in [0.1, 0.15) is 32.6 Å². The molecule has 2 heterocycles. The normalized spacial score (nSPS) is 20.5. The minimum atomic E-state index is 0.580. The molecule has 0 saturated carbocycles. The molecule has 1 fully saturated rings. The summed E-state index contributed by atoms with van der Waals surface area (Å²) in [4.78, 5) is 7.06. The van der Waals surface area contributed by atoms with Gasteiger partial charge in [-0.25, -0.2) is 0 Å². The van der Waals surface area contributed by atoms with Crippen molar-refractivity contribution in [3.05, 3.63) is 30.5 Å². The summed E-state index contributed by atoms with van der Waals surface area (Å²) in [5.74, 6) is 0. The first-order chi connectivity index (χ1) is 9.27. The first kappa shape index (κ1) is 12.3. The molecular formula is C16H21N3. The summed E-state index contributed by atoms with van der Waals surface area (Å²) in [5.41, 5.74) is 9.15. The van der Waals surface area contributed by atoms with Crippen LogP contribution in [0.4, 0.5) is 11.4 Å². The van der Waals surface area contributed by atoms with Gasteiger partial charge in [0.25, 0.3) is 0 Å². The average molecular weight is 255 g/mol. The van der Waals surface area contributed by atoms with E-state index in [9.17, 15) is 0 Å². The maximum atomic E-state index is 6.06. The van der Waals surface area contributed by atoms with Gasteiger partial charge in [0.2, 0.25) is 0 Å². The Morgan fingerprint density at radius 2 is 2.11 bits per heavy atom. The molecule has 3 nitrogen and oxygen atoms in total. The van der Waals surface area contributed by atoms with Gasteiger partial charge < -0.3 is 10.6 Å². The van der Waals surface area contributed by atoms with Gasteiger partial charge >= 0.3 is 0 Å². The van der Waals surface area contributed by atoms with Crippen molar-refractivity contribution in [3.63, 3.8) is 0 Å². The number of pyridine rings is 1. The molecule has 0 aliphatic carbocycles. The van der Waals surface area contributed by atoms with Crippen LogP contribution in [-0.4, -0.2) is 17.6 Å². The summed E-state index contributed by atoms with van der Waals surface area (Å²) >= 11 is 0. The van der Waals surface area contributed by atoms with Gasteiger partial charge in [0.15, 0.2) is 0 Å². The molecule has 0 amide bonds. The highest BCUT2D eigenvalue weighted by Gasteiger charge is 2.19. The molecule has 3 heteroatoms. The van der Waals surface area contributed by atoms with E-state index in [1.165, 1.54) is 31.4 Å². The summed E-state index contributed by atoms with van der Waals surface area (Å²) in [5, 5.41) is 1.07. The second kappa shape index (κ2) is 5.08. The lowest BCUT2D eigenvalue weighted by atomic mass is 10.1. The third-order valence-corrected chi connectivity index (χ3v) is 4.14. The van der Waals surface area contributed by atoms with Gasteiger partial charge in [-0.2, -0.15) is 0 Å². The Hall–Kier alpha value is -1.77. The number of nitrogen functional groups attached to an aromatic ring is 1. The Kier molecular flexibility index (Phi) is 3.28. The van der Waals surface area contributed by atoms with Crippen LogP contribution in [0.2, 0.25) is 0 Å². The highest BCUT2D eigenvalue weighted by molar-refractivity contribution is 5.98. The molecule has 1 saturated heterocycles. The number of rotatable bonds is 1. The maximum absolute atomic E-state index is 6.06. The Morgan fingerprint density at radius 1 is 1.21 bits per heavy atom. The first-order valence-electron chi connectivity index (χ1n) is 7.17. The topological polar surface area (TPSA) is 42.1 Å². The molecule has 0 bridgehead atoms. The Morgan fingerprint density at radius 3 is 3.00 bits per heavy atom. The zero-order valence-electron chi connectivity index (χ0n) is 11.5. The standard InChI is InChI=1S/C16H21N3/c1-12-6-3-2-4-11-19(12)15-9-8-14(17)13-7-5-10-18-16(13)15/h5,7-10,12H,2-4,6,11,17H2,1H3. The van der Waals surface area contributed by atoms with Gasteiger partial charge in [-0.1, -0.05) is 12.8 Å². The SMILES string of the molecule is CC1CCCCCN1c1ccc(N)c2cccnc12. The van der Waals surface area contributed by atoms with Gasteiger partial charge in [0.1, 0.15) is 0 Å². The van der Waals surface area contributed by atoms with Gasteiger partial charge in [-0.15, -0.1) is 0 Å². The van der Waals surface area contributed by atoms with E-state index < -0.39 is 0 Å². The molecule has 1 aliphatic heterocycles. The molecular weight excluding hydrogens is 234 g/mol. The molecule has 2 N–H and O–H groups in total. The van der Waals surface area contributed by atoms with E-state index in [0.717, 1.165) is 23.1 Å². The number of hydrogen-bond acceptors (Lipinski definition) is 3. The lowest BCUT2D eigenvalue weighted by Crippen LogP contribution is -2.32. The average Bonchev–Trinajstić information content (AvgIpc) is 2.65. The van der Waals surface area contributed by atoms with Crippen LogP contribution in [0.15, 0.2) is 30.5 Å². The van der Waals surface area contributed by atoms with E-state index in [-0.39, 0.29) is 0 Å². The summed E-state index contributed by atoms with van der Waals surface area (Å²) in [6.07, 6.45) is 7.05. The Bertz CT molecular complexity index is 579. The van der Waals surface area contributed by atoms with E-state index >= 15 is 0 Å². The molecule has 1 aromatic heterocycles. The molecule has 0 spiro atoms. The first-order valence-corrected chi connectivity index (χ1v) is 7.17. The van der Waals surface area contributed by atoms with Crippen LogP contribution < -0.4 is 10.6 Å². The molecule has 100 valence electrons. The van der Waals surface area contributed by atoms with E-state index in [1.807, 2.05) is 18.3 Å².